The maximum atomic E-state index is 5.32. The third-order valence-corrected chi connectivity index (χ3v) is 12.4. The molecule has 11 rings (SSSR count). The molecule has 264 valence electrons. The van der Waals surface area contributed by atoms with Gasteiger partial charge in [0.1, 0.15) is 0 Å². The van der Waals surface area contributed by atoms with Crippen LogP contribution >= 0.6 is 0 Å². The Morgan fingerprint density at radius 1 is 0.339 bits per heavy atom. The monoisotopic (exact) mass is 714 g/mol. The van der Waals surface area contributed by atoms with Gasteiger partial charge in [-0.1, -0.05) is 196 Å². The lowest BCUT2D eigenvalue weighted by Gasteiger charge is -2.46. The van der Waals surface area contributed by atoms with Crippen LogP contribution in [-0.4, -0.2) is 9.97 Å². The number of aromatic nitrogens is 2. The molecule has 2 nitrogen and oxygen atoms in total. The summed E-state index contributed by atoms with van der Waals surface area (Å²) in [5, 5.41) is 2.36. The maximum Gasteiger partial charge on any atom is 0.160 e. The lowest BCUT2D eigenvalue weighted by atomic mass is 9.55. The first-order valence-electron chi connectivity index (χ1n) is 19.5. The molecule has 1 spiro atoms. The Morgan fingerprint density at radius 3 is 1.59 bits per heavy atom. The fraction of sp³-hybridized carbons (Fsp3) is 0.0741. The molecule has 0 fully saturated rings. The van der Waals surface area contributed by atoms with Crippen molar-refractivity contribution in [3.05, 3.63) is 228 Å². The molecule has 1 heterocycles. The lowest BCUT2D eigenvalue weighted by molar-refractivity contribution is 0.563. The van der Waals surface area contributed by atoms with E-state index in [4.69, 9.17) is 9.97 Å². The van der Waals surface area contributed by atoms with Crippen LogP contribution in [0.3, 0.4) is 0 Å². The summed E-state index contributed by atoms with van der Waals surface area (Å²) in [4.78, 5) is 10.5. The third kappa shape index (κ3) is 4.63. The Labute approximate surface area is 327 Å². The average molecular weight is 715 g/mol. The molecule has 0 atom stereocenters. The molecule has 0 bridgehead atoms. The lowest BCUT2D eigenvalue weighted by Crippen LogP contribution is -2.40. The summed E-state index contributed by atoms with van der Waals surface area (Å²) in [7, 11) is 0. The molecular weight excluding hydrogens is 677 g/mol. The predicted molar refractivity (Wildman–Crippen MR) is 231 cm³/mol. The van der Waals surface area contributed by atoms with Gasteiger partial charge < -0.3 is 0 Å². The topological polar surface area (TPSA) is 25.8 Å². The summed E-state index contributed by atoms with van der Waals surface area (Å²) in [6.07, 6.45) is 0. The average Bonchev–Trinajstić information content (AvgIpc) is 3.56. The van der Waals surface area contributed by atoms with Gasteiger partial charge in [0.2, 0.25) is 0 Å². The van der Waals surface area contributed by atoms with Crippen molar-refractivity contribution < 1.29 is 0 Å². The zero-order valence-corrected chi connectivity index (χ0v) is 31.4. The van der Waals surface area contributed by atoms with Crippen LogP contribution in [-0.2, 0) is 10.8 Å². The first-order valence-corrected chi connectivity index (χ1v) is 19.5. The van der Waals surface area contributed by atoms with Gasteiger partial charge in [0.25, 0.3) is 0 Å². The Kier molecular flexibility index (Phi) is 7.15. The zero-order chi connectivity index (χ0) is 37.4. The summed E-state index contributed by atoms with van der Waals surface area (Å²) >= 11 is 0. The summed E-state index contributed by atoms with van der Waals surface area (Å²) in [6, 6.07) is 70.7. The molecule has 2 aliphatic rings. The fourth-order valence-electron chi connectivity index (χ4n) is 9.87. The largest absolute Gasteiger partial charge is 0.228 e. The second-order valence-electron chi connectivity index (χ2n) is 15.7. The molecule has 1 aromatic heterocycles. The normalized spacial score (nSPS) is 14.2. The van der Waals surface area contributed by atoms with Crippen LogP contribution in [0.5, 0.6) is 0 Å². The molecular formula is C54H38N2. The Balaban J connectivity index is 1.16. The van der Waals surface area contributed by atoms with Crippen molar-refractivity contribution in [2.24, 2.45) is 0 Å². The molecule has 56 heavy (non-hydrogen) atoms. The Hall–Kier alpha value is -6.90. The fourth-order valence-corrected chi connectivity index (χ4v) is 9.87. The summed E-state index contributed by atoms with van der Waals surface area (Å²) in [5.74, 6) is 0.710. The number of benzene rings is 8. The smallest absolute Gasteiger partial charge is 0.160 e. The molecule has 2 heteroatoms. The highest BCUT2D eigenvalue weighted by Gasteiger charge is 2.53. The number of rotatable bonds is 4. The molecule has 0 saturated carbocycles. The van der Waals surface area contributed by atoms with Crippen LogP contribution in [0, 0.1) is 0 Å². The number of hydrogen-bond donors (Lipinski definition) is 0. The minimum absolute atomic E-state index is 0.147. The highest BCUT2D eigenvalue weighted by Crippen LogP contribution is 2.62. The standard InChI is InChI=1S/C54H38N2/c1-53(2)45-27-12-14-29-47(45)54(48-30-15-13-28-46(48)53)44-26-11-10-23-40(44)41-32-31-37(33-49(41)54)39-22-8-9-24-42(39)50-34-51(56-52(55-50)36-18-4-3-5-19-36)43-25-16-20-35-17-6-7-21-38(35)43/h3-34H,1-2H3. The molecule has 0 amide bonds. The van der Waals surface area contributed by atoms with Crippen molar-refractivity contribution in [1.29, 1.82) is 0 Å². The van der Waals surface area contributed by atoms with E-state index < -0.39 is 5.41 Å². The quantitative estimate of drug-likeness (QED) is 0.181. The first-order chi connectivity index (χ1) is 27.5. The van der Waals surface area contributed by atoms with Gasteiger partial charge in [0.05, 0.1) is 16.8 Å². The van der Waals surface area contributed by atoms with E-state index >= 15 is 0 Å². The number of fused-ring (bicyclic) bond motifs is 10. The Bertz CT molecular complexity index is 2950. The second kappa shape index (κ2) is 12.3. The molecule has 0 N–H and O–H groups in total. The molecule has 0 unspecified atom stereocenters. The molecule has 0 aliphatic heterocycles. The summed E-state index contributed by atoms with van der Waals surface area (Å²) in [6.45, 7) is 4.76. The van der Waals surface area contributed by atoms with Crippen LogP contribution in [0.2, 0.25) is 0 Å². The van der Waals surface area contributed by atoms with Crippen LogP contribution in [0.4, 0.5) is 0 Å². The van der Waals surface area contributed by atoms with E-state index in [1.165, 1.54) is 55.3 Å². The van der Waals surface area contributed by atoms with Crippen LogP contribution in [0.15, 0.2) is 194 Å². The van der Waals surface area contributed by atoms with Crippen molar-refractivity contribution in [3.63, 3.8) is 0 Å². The minimum atomic E-state index is -0.462. The van der Waals surface area contributed by atoms with Gasteiger partial charge in [-0.25, -0.2) is 9.97 Å². The van der Waals surface area contributed by atoms with Crippen molar-refractivity contribution in [3.8, 4) is 56.2 Å². The van der Waals surface area contributed by atoms with Gasteiger partial charge in [0.15, 0.2) is 5.82 Å². The first kappa shape index (κ1) is 32.5. The van der Waals surface area contributed by atoms with Crippen molar-refractivity contribution in [2.75, 3.05) is 0 Å². The van der Waals surface area contributed by atoms with Gasteiger partial charge in [-0.05, 0) is 78.5 Å². The molecule has 8 aromatic carbocycles. The predicted octanol–water partition coefficient (Wildman–Crippen LogP) is 13.3. The van der Waals surface area contributed by atoms with E-state index in [0.29, 0.717) is 5.82 Å². The van der Waals surface area contributed by atoms with E-state index in [9.17, 15) is 0 Å². The SMILES string of the molecule is CC1(C)c2ccccc2C2(c3ccccc3-c3ccc(-c4ccccc4-c4cc(-c5cccc6ccccc56)nc(-c5ccccc5)n4)cc32)c2ccccc21. The van der Waals surface area contributed by atoms with Gasteiger partial charge in [-0.15, -0.1) is 0 Å². The Morgan fingerprint density at radius 2 is 0.857 bits per heavy atom. The highest BCUT2D eigenvalue weighted by atomic mass is 14.9. The highest BCUT2D eigenvalue weighted by molar-refractivity contribution is 5.97. The van der Waals surface area contributed by atoms with Crippen LogP contribution in [0.25, 0.3) is 66.9 Å². The van der Waals surface area contributed by atoms with E-state index in [0.717, 1.165) is 39.2 Å². The maximum absolute atomic E-state index is 5.32. The van der Waals surface area contributed by atoms with Crippen LogP contribution < -0.4 is 0 Å². The third-order valence-electron chi connectivity index (χ3n) is 12.4. The van der Waals surface area contributed by atoms with E-state index in [-0.39, 0.29) is 5.41 Å². The number of nitrogens with zero attached hydrogens (tertiary/aromatic N) is 2. The molecule has 0 radical (unpaired) electrons. The minimum Gasteiger partial charge on any atom is -0.228 e. The van der Waals surface area contributed by atoms with Crippen molar-refractivity contribution in [1.82, 2.24) is 9.97 Å². The van der Waals surface area contributed by atoms with Gasteiger partial charge in [-0.2, -0.15) is 0 Å². The van der Waals surface area contributed by atoms with Crippen molar-refractivity contribution >= 4 is 10.8 Å². The number of hydrogen-bond acceptors (Lipinski definition) is 2. The molecule has 9 aromatic rings. The zero-order valence-electron chi connectivity index (χ0n) is 31.4. The van der Waals surface area contributed by atoms with Gasteiger partial charge in [-0.3, -0.25) is 0 Å². The summed E-state index contributed by atoms with van der Waals surface area (Å²) < 4.78 is 0. The van der Waals surface area contributed by atoms with Gasteiger partial charge >= 0.3 is 0 Å². The molecule has 2 aliphatic carbocycles. The van der Waals surface area contributed by atoms with E-state index in [1.54, 1.807) is 0 Å². The van der Waals surface area contributed by atoms with E-state index in [2.05, 4.69) is 202 Å². The van der Waals surface area contributed by atoms with Crippen molar-refractivity contribution in [2.45, 2.75) is 24.7 Å². The second-order valence-corrected chi connectivity index (χ2v) is 15.7. The van der Waals surface area contributed by atoms with E-state index in [1.807, 2.05) is 6.07 Å². The molecule has 0 saturated heterocycles. The van der Waals surface area contributed by atoms with Crippen LogP contribution in [0.1, 0.15) is 47.2 Å². The summed E-state index contributed by atoms with van der Waals surface area (Å²) in [5.41, 5.74) is 17.4. The van der Waals surface area contributed by atoms with Gasteiger partial charge in [0, 0.05) is 22.1 Å².